The molecule has 15 heavy (non-hydrogen) atoms. The van der Waals surface area contributed by atoms with Crippen molar-refractivity contribution in [1.29, 1.82) is 0 Å². The summed E-state index contributed by atoms with van der Waals surface area (Å²) in [5.74, 6) is 0.615. The van der Waals surface area contributed by atoms with Crippen LogP contribution in [0.15, 0.2) is 0 Å². The first-order chi connectivity index (χ1) is 6.76. The number of carbonyl (C=O) groups is 1. The summed E-state index contributed by atoms with van der Waals surface area (Å²) in [5.41, 5.74) is -0.493. The highest BCUT2D eigenvalue weighted by molar-refractivity contribution is 7.80. The van der Waals surface area contributed by atoms with E-state index in [0.29, 0.717) is 18.1 Å². The molecule has 0 aliphatic carbocycles. The molecule has 0 aliphatic rings. The van der Waals surface area contributed by atoms with Gasteiger partial charge in [-0.1, -0.05) is 13.8 Å². The van der Waals surface area contributed by atoms with E-state index in [1.807, 2.05) is 27.7 Å². The summed E-state index contributed by atoms with van der Waals surface area (Å²) in [4.78, 5) is 11.5. The van der Waals surface area contributed by atoms with Crippen molar-refractivity contribution in [3.05, 3.63) is 0 Å². The van der Waals surface area contributed by atoms with E-state index in [1.165, 1.54) is 7.11 Å². The van der Waals surface area contributed by atoms with Gasteiger partial charge in [0, 0.05) is 12.0 Å². The Morgan fingerprint density at radius 3 is 2.40 bits per heavy atom. The summed E-state index contributed by atoms with van der Waals surface area (Å²) in [6.45, 7) is 7.64. The van der Waals surface area contributed by atoms with Crippen LogP contribution in [0.25, 0.3) is 0 Å². The molecule has 0 aromatic heterocycles. The van der Waals surface area contributed by atoms with Crippen molar-refractivity contribution in [2.24, 2.45) is 5.92 Å². The van der Waals surface area contributed by atoms with Gasteiger partial charge in [0.25, 0.3) is 0 Å². The Balaban J connectivity index is 4.12. The first-order valence-electron chi connectivity index (χ1n) is 5.00. The largest absolute Gasteiger partial charge is 0.350 e. The average molecular weight is 235 g/mol. The van der Waals surface area contributed by atoms with E-state index in [-0.39, 0.29) is 5.91 Å². The van der Waals surface area contributed by atoms with Crippen LogP contribution >= 0.6 is 0 Å². The van der Waals surface area contributed by atoms with E-state index in [4.69, 9.17) is 0 Å². The molecule has 0 heterocycles. The van der Waals surface area contributed by atoms with Gasteiger partial charge >= 0.3 is 0 Å². The molecule has 0 bridgehead atoms. The van der Waals surface area contributed by atoms with E-state index < -0.39 is 16.6 Å². The standard InChI is InChI=1S/C10H21NO3S/c1-8(2)6-9(12)11-10(3,4)7-15(13)14-5/h8H,6-7H2,1-5H3,(H,11,12). The van der Waals surface area contributed by atoms with Gasteiger partial charge in [0.15, 0.2) is 11.1 Å². The van der Waals surface area contributed by atoms with Crippen molar-refractivity contribution >= 4 is 17.0 Å². The molecule has 1 amide bonds. The third-order valence-electron chi connectivity index (χ3n) is 1.74. The first kappa shape index (κ1) is 14.6. The van der Waals surface area contributed by atoms with E-state index in [2.05, 4.69) is 9.50 Å². The fourth-order valence-electron chi connectivity index (χ4n) is 1.19. The molecule has 0 aromatic rings. The van der Waals surface area contributed by atoms with E-state index in [9.17, 15) is 9.00 Å². The van der Waals surface area contributed by atoms with Gasteiger partial charge in [-0.2, -0.15) is 0 Å². The first-order valence-corrected chi connectivity index (χ1v) is 6.25. The maximum Gasteiger partial charge on any atom is 0.220 e. The predicted octanol–water partition coefficient (Wildman–Crippen LogP) is 1.24. The van der Waals surface area contributed by atoms with Crippen LogP contribution in [-0.2, 0) is 20.1 Å². The van der Waals surface area contributed by atoms with Gasteiger partial charge in [0.1, 0.15) is 0 Å². The van der Waals surface area contributed by atoms with Gasteiger partial charge in [-0.05, 0) is 19.8 Å². The highest BCUT2D eigenvalue weighted by Gasteiger charge is 2.23. The van der Waals surface area contributed by atoms with Crippen molar-refractivity contribution in [3.63, 3.8) is 0 Å². The fraction of sp³-hybridized carbons (Fsp3) is 0.900. The van der Waals surface area contributed by atoms with Crippen LogP contribution in [0.2, 0.25) is 0 Å². The van der Waals surface area contributed by atoms with Crippen molar-refractivity contribution in [2.75, 3.05) is 12.9 Å². The summed E-state index contributed by atoms with van der Waals surface area (Å²) in [6, 6.07) is 0. The molecule has 0 fully saturated rings. The van der Waals surface area contributed by atoms with E-state index in [1.54, 1.807) is 0 Å². The molecule has 0 aliphatic heterocycles. The molecule has 0 spiro atoms. The molecule has 0 radical (unpaired) electrons. The third kappa shape index (κ3) is 7.50. The summed E-state index contributed by atoms with van der Waals surface area (Å²) in [5, 5.41) is 2.84. The number of carbonyl (C=O) groups excluding carboxylic acids is 1. The highest BCUT2D eigenvalue weighted by atomic mass is 32.2. The molecule has 0 rings (SSSR count). The molecule has 4 nitrogen and oxygen atoms in total. The Hall–Kier alpha value is -0.420. The van der Waals surface area contributed by atoms with E-state index in [0.717, 1.165) is 0 Å². The minimum absolute atomic E-state index is 0.0110. The number of amides is 1. The van der Waals surface area contributed by atoms with Crippen LogP contribution in [0.4, 0.5) is 0 Å². The van der Waals surface area contributed by atoms with Crippen molar-refractivity contribution in [3.8, 4) is 0 Å². The molecule has 0 aromatic carbocycles. The van der Waals surface area contributed by atoms with Crippen LogP contribution in [0.5, 0.6) is 0 Å². The van der Waals surface area contributed by atoms with Gasteiger partial charge < -0.3 is 5.32 Å². The molecule has 1 unspecified atom stereocenters. The lowest BCUT2D eigenvalue weighted by Gasteiger charge is -2.25. The molecule has 1 atom stereocenters. The molecule has 0 saturated carbocycles. The van der Waals surface area contributed by atoms with Crippen LogP contribution in [0, 0.1) is 5.92 Å². The molecular formula is C10H21NO3S. The topological polar surface area (TPSA) is 55.4 Å². The van der Waals surface area contributed by atoms with Crippen LogP contribution < -0.4 is 5.32 Å². The van der Waals surface area contributed by atoms with Gasteiger partial charge in [0.2, 0.25) is 5.91 Å². The summed E-state index contributed by atoms with van der Waals surface area (Å²) < 4.78 is 15.8. The minimum atomic E-state index is -1.34. The number of hydrogen-bond donors (Lipinski definition) is 1. The zero-order valence-corrected chi connectivity index (χ0v) is 10.9. The Morgan fingerprint density at radius 2 is 2.00 bits per heavy atom. The van der Waals surface area contributed by atoms with Gasteiger partial charge in [-0.3, -0.25) is 8.98 Å². The normalized spacial score (nSPS) is 14.0. The summed E-state index contributed by atoms with van der Waals surface area (Å²) in [6.07, 6.45) is 0.489. The second kappa shape index (κ2) is 6.23. The lowest BCUT2D eigenvalue weighted by atomic mass is 10.1. The zero-order valence-electron chi connectivity index (χ0n) is 10.1. The van der Waals surface area contributed by atoms with E-state index >= 15 is 0 Å². The lowest BCUT2D eigenvalue weighted by molar-refractivity contribution is -0.123. The van der Waals surface area contributed by atoms with Crippen molar-refractivity contribution in [2.45, 2.75) is 39.7 Å². The highest BCUT2D eigenvalue weighted by Crippen LogP contribution is 2.07. The summed E-state index contributed by atoms with van der Waals surface area (Å²) in [7, 11) is 1.39. The maximum atomic E-state index is 11.5. The molecule has 1 N–H and O–H groups in total. The van der Waals surface area contributed by atoms with Crippen LogP contribution in [-0.4, -0.2) is 28.5 Å². The van der Waals surface area contributed by atoms with Gasteiger partial charge in [0.05, 0.1) is 12.9 Å². The van der Waals surface area contributed by atoms with Gasteiger partial charge in [-0.25, -0.2) is 4.21 Å². The predicted molar refractivity (Wildman–Crippen MR) is 61.7 cm³/mol. The quantitative estimate of drug-likeness (QED) is 0.753. The Bertz CT molecular complexity index is 239. The SMILES string of the molecule is COS(=O)CC(C)(C)NC(=O)CC(C)C. The second-order valence-electron chi connectivity index (χ2n) is 4.64. The Kier molecular flexibility index (Phi) is 6.05. The van der Waals surface area contributed by atoms with Crippen molar-refractivity contribution < 1.29 is 13.2 Å². The smallest absolute Gasteiger partial charge is 0.220 e. The number of hydrogen-bond acceptors (Lipinski definition) is 3. The summed E-state index contributed by atoms with van der Waals surface area (Å²) >= 11 is -1.34. The Morgan fingerprint density at radius 1 is 1.47 bits per heavy atom. The van der Waals surface area contributed by atoms with Crippen molar-refractivity contribution in [1.82, 2.24) is 5.32 Å². The van der Waals surface area contributed by atoms with Crippen LogP contribution in [0.3, 0.4) is 0 Å². The Labute approximate surface area is 94.4 Å². The minimum Gasteiger partial charge on any atom is -0.350 e. The third-order valence-corrected chi connectivity index (χ3v) is 3.07. The van der Waals surface area contributed by atoms with Crippen LogP contribution in [0.1, 0.15) is 34.1 Å². The molecule has 5 heteroatoms. The second-order valence-corrected chi connectivity index (χ2v) is 5.87. The number of nitrogens with one attached hydrogen (secondary N) is 1. The lowest BCUT2D eigenvalue weighted by Crippen LogP contribution is -2.47. The molecule has 0 saturated heterocycles. The zero-order chi connectivity index (χ0) is 12.1. The average Bonchev–Trinajstić information content (AvgIpc) is 1.99. The molecule has 90 valence electrons. The fourth-order valence-corrected chi connectivity index (χ4v) is 1.97. The number of rotatable bonds is 6. The maximum absolute atomic E-state index is 11.5. The monoisotopic (exact) mass is 235 g/mol. The molecular weight excluding hydrogens is 214 g/mol. The van der Waals surface area contributed by atoms with Gasteiger partial charge in [-0.15, -0.1) is 0 Å².